The second kappa shape index (κ2) is 4.46. The Labute approximate surface area is 91.2 Å². The highest BCUT2D eigenvalue weighted by Crippen LogP contribution is 2.35. The van der Waals surface area contributed by atoms with E-state index in [0.717, 1.165) is 5.56 Å². The number of aliphatic hydroxyl groups excluding tert-OH is 1. The van der Waals surface area contributed by atoms with Crippen molar-refractivity contribution in [2.24, 2.45) is 11.3 Å². The first-order chi connectivity index (χ1) is 6.96. The predicted molar refractivity (Wildman–Crippen MR) is 60.0 cm³/mol. The molecule has 0 radical (unpaired) electrons. The summed E-state index contributed by atoms with van der Waals surface area (Å²) in [6.45, 7) is 5.90. The van der Waals surface area contributed by atoms with Crippen molar-refractivity contribution in [1.82, 2.24) is 0 Å². The molecule has 1 rings (SSSR count). The van der Waals surface area contributed by atoms with E-state index < -0.39 is 6.10 Å². The number of hydrogen-bond donors (Lipinski definition) is 1. The molecule has 80 valence electrons. The summed E-state index contributed by atoms with van der Waals surface area (Å²) >= 11 is 0. The predicted octanol–water partition coefficient (Wildman–Crippen LogP) is 2.91. The molecular weight excluding hydrogens is 186 g/mol. The molecule has 0 saturated carbocycles. The van der Waals surface area contributed by atoms with E-state index in [-0.39, 0.29) is 11.3 Å². The van der Waals surface area contributed by atoms with Gasteiger partial charge in [0.25, 0.3) is 0 Å². The van der Waals surface area contributed by atoms with E-state index in [0.29, 0.717) is 0 Å². The van der Waals surface area contributed by atoms with Crippen molar-refractivity contribution in [1.29, 1.82) is 5.26 Å². The number of aliphatic hydroxyl groups is 1. The van der Waals surface area contributed by atoms with E-state index >= 15 is 0 Å². The maximum atomic E-state index is 10.1. The van der Waals surface area contributed by atoms with Crippen LogP contribution in [0.5, 0.6) is 0 Å². The van der Waals surface area contributed by atoms with Gasteiger partial charge >= 0.3 is 0 Å². The minimum Gasteiger partial charge on any atom is -0.387 e. The van der Waals surface area contributed by atoms with Gasteiger partial charge < -0.3 is 5.11 Å². The van der Waals surface area contributed by atoms with Gasteiger partial charge in [-0.3, -0.25) is 0 Å². The Morgan fingerprint density at radius 1 is 1.20 bits per heavy atom. The van der Waals surface area contributed by atoms with Crippen LogP contribution in [0.25, 0.3) is 0 Å². The zero-order chi connectivity index (χ0) is 11.5. The SMILES string of the molecule is CC(C)(C)[C@H](C#N)[C@@H](O)c1ccccc1. The molecule has 15 heavy (non-hydrogen) atoms. The number of nitriles is 1. The van der Waals surface area contributed by atoms with E-state index in [1.807, 2.05) is 51.1 Å². The first-order valence-corrected chi connectivity index (χ1v) is 5.09. The average molecular weight is 203 g/mol. The van der Waals surface area contributed by atoms with E-state index in [9.17, 15) is 5.11 Å². The smallest absolute Gasteiger partial charge is 0.0953 e. The summed E-state index contributed by atoms with van der Waals surface area (Å²) in [4.78, 5) is 0. The molecular formula is C13H17NO. The second-order valence-corrected chi connectivity index (χ2v) is 4.83. The molecule has 0 fully saturated rings. The lowest BCUT2D eigenvalue weighted by molar-refractivity contribution is 0.0757. The van der Waals surface area contributed by atoms with Crippen molar-refractivity contribution in [3.05, 3.63) is 35.9 Å². The summed E-state index contributed by atoms with van der Waals surface area (Å²) in [6.07, 6.45) is -0.712. The van der Waals surface area contributed by atoms with Gasteiger partial charge in [-0.15, -0.1) is 0 Å². The van der Waals surface area contributed by atoms with Crippen LogP contribution in [-0.2, 0) is 0 Å². The Bertz CT molecular complexity index is 345. The van der Waals surface area contributed by atoms with Crippen molar-refractivity contribution in [3.63, 3.8) is 0 Å². The Morgan fingerprint density at radius 2 is 1.73 bits per heavy atom. The average Bonchev–Trinajstić information content (AvgIpc) is 2.18. The highest BCUT2D eigenvalue weighted by atomic mass is 16.3. The molecule has 1 aromatic carbocycles. The second-order valence-electron chi connectivity index (χ2n) is 4.83. The van der Waals surface area contributed by atoms with Crippen LogP contribution in [0, 0.1) is 22.7 Å². The summed E-state index contributed by atoms with van der Waals surface area (Å²) in [7, 11) is 0. The molecule has 0 bridgehead atoms. The lowest BCUT2D eigenvalue weighted by atomic mass is 9.76. The number of rotatable bonds is 2. The van der Waals surface area contributed by atoms with Crippen molar-refractivity contribution < 1.29 is 5.11 Å². The maximum absolute atomic E-state index is 10.1. The van der Waals surface area contributed by atoms with Crippen LogP contribution in [0.15, 0.2) is 30.3 Å². The molecule has 0 spiro atoms. The van der Waals surface area contributed by atoms with Crippen LogP contribution in [0.3, 0.4) is 0 Å². The zero-order valence-corrected chi connectivity index (χ0v) is 9.44. The topological polar surface area (TPSA) is 44.0 Å². The molecule has 0 aliphatic rings. The monoisotopic (exact) mass is 203 g/mol. The number of hydrogen-bond acceptors (Lipinski definition) is 2. The van der Waals surface area contributed by atoms with Crippen molar-refractivity contribution in [2.45, 2.75) is 26.9 Å². The maximum Gasteiger partial charge on any atom is 0.0953 e. The first kappa shape index (κ1) is 11.7. The fraction of sp³-hybridized carbons (Fsp3) is 0.462. The molecule has 0 unspecified atom stereocenters. The van der Waals surface area contributed by atoms with Crippen LogP contribution in [0.1, 0.15) is 32.4 Å². The van der Waals surface area contributed by atoms with Gasteiger partial charge in [-0.1, -0.05) is 51.1 Å². The molecule has 0 aromatic heterocycles. The quantitative estimate of drug-likeness (QED) is 0.803. The molecule has 2 nitrogen and oxygen atoms in total. The van der Waals surface area contributed by atoms with Crippen LogP contribution in [0.4, 0.5) is 0 Å². The van der Waals surface area contributed by atoms with Crippen LogP contribution >= 0.6 is 0 Å². The summed E-state index contributed by atoms with van der Waals surface area (Å²) in [5.74, 6) is -0.389. The fourth-order valence-corrected chi connectivity index (χ4v) is 1.58. The molecule has 2 heteroatoms. The van der Waals surface area contributed by atoms with Crippen LogP contribution < -0.4 is 0 Å². The third-order valence-electron chi connectivity index (χ3n) is 2.53. The van der Waals surface area contributed by atoms with E-state index in [4.69, 9.17) is 5.26 Å². The van der Waals surface area contributed by atoms with Gasteiger partial charge in [-0.05, 0) is 11.0 Å². The van der Waals surface area contributed by atoms with Gasteiger partial charge in [-0.25, -0.2) is 0 Å². The van der Waals surface area contributed by atoms with Gasteiger partial charge in [0.2, 0.25) is 0 Å². The van der Waals surface area contributed by atoms with Gasteiger partial charge in [-0.2, -0.15) is 5.26 Å². The fourth-order valence-electron chi connectivity index (χ4n) is 1.58. The first-order valence-electron chi connectivity index (χ1n) is 5.09. The molecule has 0 aliphatic carbocycles. The highest BCUT2D eigenvalue weighted by molar-refractivity contribution is 5.20. The summed E-state index contributed by atoms with van der Waals surface area (Å²) in [5, 5.41) is 19.2. The standard InChI is InChI=1S/C13H17NO/c1-13(2,3)11(9-14)12(15)10-7-5-4-6-8-10/h4-8,11-12,15H,1-3H3/t11-,12+/m1/s1. The van der Waals surface area contributed by atoms with Gasteiger partial charge in [0, 0.05) is 0 Å². The Kier molecular flexibility index (Phi) is 3.49. The van der Waals surface area contributed by atoms with E-state index in [1.54, 1.807) is 0 Å². The molecule has 1 N–H and O–H groups in total. The van der Waals surface area contributed by atoms with Gasteiger partial charge in [0.05, 0.1) is 18.1 Å². The molecule has 0 aliphatic heterocycles. The Balaban J connectivity index is 2.94. The van der Waals surface area contributed by atoms with Gasteiger partial charge in [0.1, 0.15) is 0 Å². The number of nitrogens with zero attached hydrogens (tertiary/aromatic N) is 1. The third-order valence-corrected chi connectivity index (χ3v) is 2.53. The summed E-state index contributed by atoms with van der Waals surface area (Å²) in [5.41, 5.74) is 0.586. The van der Waals surface area contributed by atoms with E-state index in [2.05, 4.69) is 6.07 Å². The zero-order valence-electron chi connectivity index (χ0n) is 9.44. The largest absolute Gasteiger partial charge is 0.387 e. The summed E-state index contributed by atoms with van der Waals surface area (Å²) < 4.78 is 0. The van der Waals surface area contributed by atoms with E-state index in [1.165, 1.54) is 0 Å². The van der Waals surface area contributed by atoms with Crippen LogP contribution in [-0.4, -0.2) is 5.11 Å². The molecule has 0 saturated heterocycles. The molecule has 1 aromatic rings. The summed E-state index contributed by atoms with van der Waals surface area (Å²) in [6, 6.07) is 11.5. The van der Waals surface area contributed by atoms with Crippen molar-refractivity contribution >= 4 is 0 Å². The minimum atomic E-state index is -0.712. The molecule has 0 amide bonds. The lowest BCUT2D eigenvalue weighted by Crippen LogP contribution is -2.25. The Morgan fingerprint density at radius 3 is 2.13 bits per heavy atom. The number of benzene rings is 1. The highest BCUT2D eigenvalue weighted by Gasteiger charge is 2.31. The Hall–Kier alpha value is -1.33. The van der Waals surface area contributed by atoms with Crippen molar-refractivity contribution in [3.8, 4) is 6.07 Å². The van der Waals surface area contributed by atoms with Crippen LogP contribution in [0.2, 0.25) is 0 Å². The lowest BCUT2D eigenvalue weighted by Gasteiger charge is -2.29. The molecule has 0 heterocycles. The normalized spacial score (nSPS) is 15.4. The van der Waals surface area contributed by atoms with Gasteiger partial charge in [0.15, 0.2) is 0 Å². The molecule has 2 atom stereocenters. The third kappa shape index (κ3) is 2.81. The van der Waals surface area contributed by atoms with Crippen molar-refractivity contribution in [2.75, 3.05) is 0 Å². The minimum absolute atomic E-state index is 0.218.